The van der Waals surface area contributed by atoms with Crippen molar-refractivity contribution in [3.05, 3.63) is 54.3 Å². The largest absolute Gasteiger partial charge is 0.207 e. The van der Waals surface area contributed by atoms with E-state index in [0.29, 0.717) is 0 Å². The molecule has 1 aromatic heterocycles. The van der Waals surface area contributed by atoms with E-state index in [9.17, 15) is 4.39 Å². The fourth-order valence-corrected chi connectivity index (χ4v) is 4.74. The molecule has 0 saturated heterocycles. The Morgan fingerprint density at radius 2 is 1.94 bits per heavy atom. The molecule has 0 amide bonds. The highest BCUT2D eigenvalue weighted by Gasteiger charge is 2.17. The van der Waals surface area contributed by atoms with Gasteiger partial charge in [0.2, 0.25) is 0 Å². The van der Waals surface area contributed by atoms with Crippen LogP contribution in [-0.4, -0.2) is 0 Å². The predicted molar refractivity (Wildman–Crippen MR) is 81.6 cm³/mol. The summed E-state index contributed by atoms with van der Waals surface area (Å²) in [6.45, 7) is 2.06. The van der Waals surface area contributed by atoms with Crippen molar-refractivity contribution in [3.8, 4) is 0 Å². The molecule has 0 N–H and O–H groups in total. The van der Waals surface area contributed by atoms with E-state index in [2.05, 4.69) is 60.8 Å². The summed E-state index contributed by atoms with van der Waals surface area (Å²) in [4.78, 5) is 1.27. The summed E-state index contributed by atoms with van der Waals surface area (Å²) in [5, 5.41) is 0. The third kappa shape index (κ3) is 3.00. The normalized spacial score (nSPS) is 12.8. The molecular weight excluding hydrogens is 435 g/mol. The van der Waals surface area contributed by atoms with Crippen LogP contribution in [0.25, 0.3) is 0 Å². The Morgan fingerprint density at radius 1 is 1.24 bits per heavy atom. The molecule has 90 valence electrons. The first-order valence-electron chi connectivity index (χ1n) is 4.84. The Kier molecular flexibility index (Phi) is 4.45. The van der Waals surface area contributed by atoms with E-state index in [-0.39, 0.29) is 10.6 Å². The van der Waals surface area contributed by atoms with Crippen LogP contribution in [-0.2, 0) is 0 Å². The molecule has 0 aliphatic carbocycles. The minimum absolute atomic E-state index is 0.0764. The third-order valence-electron chi connectivity index (χ3n) is 2.36. The van der Waals surface area contributed by atoms with Crippen molar-refractivity contribution < 1.29 is 4.39 Å². The van der Waals surface area contributed by atoms with Crippen LogP contribution in [0.1, 0.15) is 20.8 Å². The summed E-state index contributed by atoms with van der Waals surface area (Å²) in [6.07, 6.45) is 0. The van der Waals surface area contributed by atoms with Crippen molar-refractivity contribution in [1.29, 1.82) is 0 Å². The number of rotatable bonds is 2. The molecule has 2 aromatic rings. The van der Waals surface area contributed by atoms with Gasteiger partial charge in [-0.25, -0.2) is 4.39 Å². The molecule has 0 aliphatic rings. The summed E-state index contributed by atoms with van der Waals surface area (Å²) in [5.74, 6) is -0.233. The molecule has 0 bridgehead atoms. The van der Waals surface area contributed by atoms with E-state index >= 15 is 0 Å². The molecule has 1 unspecified atom stereocenters. The van der Waals surface area contributed by atoms with Gasteiger partial charge in [-0.15, -0.1) is 11.3 Å². The maximum Gasteiger partial charge on any atom is 0.124 e. The number of aryl methyl sites for hydroxylation is 1. The van der Waals surface area contributed by atoms with Gasteiger partial charge in [-0.2, -0.15) is 0 Å². The summed E-state index contributed by atoms with van der Waals surface area (Å²) >= 11 is 12.2. The molecule has 1 atom stereocenters. The summed E-state index contributed by atoms with van der Waals surface area (Å²) < 4.78 is 14.9. The molecule has 17 heavy (non-hydrogen) atoms. The maximum atomic E-state index is 13.0. The Balaban J connectivity index is 2.39. The zero-order valence-electron chi connectivity index (χ0n) is 8.81. The summed E-state index contributed by atoms with van der Waals surface area (Å²) in [7, 11) is 0. The van der Waals surface area contributed by atoms with Crippen molar-refractivity contribution in [2.45, 2.75) is 11.8 Å². The van der Waals surface area contributed by atoms with Crippen LogP contribution in [0.3, 0.4) is 0 Å². The van der Waals surface area contributed by atoms with Crippen LogP contribution < -0.4 is 0 Å². The Bertz CT molecular complexity index is 531. The van der Waals surface area contributed by atoms with Gasteiger partial charge in [-0.05, 0) is 52.2 Å². The lowest BCUT2D eigenvalue weighted by molar-refractivity contribution is 0.626. The van der Waals surface area contributed by atoms with E-state index < -0.39 is 0 Å². The molecule has 0 aliphatic heterocycles. The molecule has 0 nitrogen and oxygen atoms in total. The lowest BCUT2D eigenvalue weighted by atomic mass is 10.1. The van der Waals surface area contributed by atoms with Crippen LogP contribution in [0.4, 0.5) is 4.39 Å². The summed E-state index contributed by atoms with van der Waals surface area (Å²) in [6, 6.07) is 6.88. The van der Waals surface area contributed by atoms with Crippen LogP contribution in [0.5, 0.6) is 0 Å². The van der Waals surface area contributed by atoms with Gasteiger partial charge in [0.1, 0.15) is 5.82 Å². The second-order valence-corrected chi connectivity index (χ2v) is 7.81. The van der Waals surface area contributed by atoms with E-state index in [1.54, 1.807) is 17.4 Å². The highest BCUT2D eigenvalue weighted by molar-refractivity contribution is 9.11. The third-order valence-corrected chi connectivity index (χ3v) is 6.54. The van der Waals surface area contributed by atoms with E-state index in [1.165, 1.54) is 22.6 Å². The maximum absolute atomic E-state index is 13.0. The highest BCUT2D eigenvalue weighted by Crippen LogP contribution is 2.41. The molecule has 1 aromatic carbocycles. The van der Waals surface area contributed by atoms with Crippen molar-refractivity contribution in [2.75, 3.05) is 0 Å². The van der Waals surface area contributed by atoms with Gasteiger partial charge in [0.25, 0.3) is 0 Å². The van der Waals surface area contributed by atoms with Gasteiger partial charge in [0.15, 0.2) is 0 Å². The molecule has 0 spiro atoms. The number of thiophene rings is 1. The van der Waals surface area contributed by atoms with Crippen LogP contribution in [0, 0.1) is 12.7 Å². The molecule has 1 heterocycles. The second-order valence-electron chi connectivity index (χ2n) is 3.63. The van der Waals surface area contributed by atoms with Crippen LogP contribution in [0.15, 0.2) is 32.5 Å². The van der Waals surface area contributed by atoms with Gasteiger partial charge in [-0.3, -0.25) is 0 Å². The topological polar surface area (TPSA) is 0 Å². The molecule has 0 fully saturated rings. The van der Waals surface area contributed by atoms with Gasteiger partial charge >= 0.3 is 0 Å². The smallest absolute Gasteiger partial charge is 0.124 e. The first kappa shape index (κ1) is 13.7. The minimum Gasteiger partial charge on any atom is -0.207 e. The average molecular weight is 443 g/mol. The van der Waals surface area contributed by atoms with Crippen molar-refractivity contribution in [1.82, 2.24) is 0 Å². The first-order chi connectivity index (χ1) is 7.99. The van der Waals surface area contributed by atoms with Crippen molar-refractivity contribution >= 4 is 59.1 Å². The molecular formula is C12H8Br3FS. The van der Waals surface area contributed by atoms with E-state index in [4.69, 9.17) is 0 Å². The Labute approximate surface area is 129 Å². The average Bonchev–Trinajstić information content (AvgIpc) is 2.58. The van der Waals surface area contributed by atoms with Crippen molar-refractivity contribution in [2.24, 2.45) is 0 Å². The number of hydrogen-bond acceptors (Lipinski definition) is 1. The summed E-state index contributed by atoms with van der Waals surface area (Å²) in [5.41, 5.74) is 2.24. The van der Waals surface area contributed by atoms with Gasteiger partial charge < -0.3 is 0 Å². The Hall–Kier alpha value is 0.290. The highest BCUT2D eigenvalue weighted by atomic mass is 79.9. The number of halogens is 4. The van der Waals surface area contributed by atoms with E-state index in [0.717, 1.165) is 13.8 Å². The zero-order valence-corrected chi connectivity index (χ0v) is 14.4. The lowest BCUT2D eigenvalue weighted by Gasteiger charge is -2.10. The number of hydrogen-bond donors (Lipinski definition) is 0. The lowest BCUT2D eigenvalue weighted by Crippen LogP contribution is -1.92. The standard InChI is InChI=1S/C12H8Br3FS/c1-6-4-10(17-12(6)15)11(14)8-3-2-7(16)5-9(8)13/h2-5,11H,1H3. The molecule has 5 heteroatoms. The van der Waals surface area contributed by atoms with Gasteiger partial charge in [0.05, 0.1) is 8.61 Å². The Morgan fingerprint density at radius 3 is 2.47 bits per heavy atom. The fraction of sp³-hybridized carbons (Fsp3) is 0.167. The van der Waals surface area contributed by atoms with Crippen LogP contribution >= 0.6 is 59.1 Å². The quantitative estimate of drug-likeness (QED) is 0.485. The molecule has 0 saturated carbocycles. The van der Waals surface area contributed by atoms with Gasteiger partial charge in [-0.1, -0.05) is 37.9 Å². The first-order valence-corrected chi connectivity index (χ1v) is 8.15. The fourth-order valence-electron chi connectivity index (χ4n) is 1.47. The zero-order chi connectivity index (χ0) is 12.6. The second kappa shape index (κ2) is 5.51. The number of benzene rings is 1. The monoisotopic (exact) mass is 440 g/mol. The predicted octanol–water partition coefficient (Wildman–Crippen LogP) is 6.20. The van der Waals surface area contributed by atoms with Crippen molar-refractivity contribution in [3.63, 3.8) is 0 Å². The van der Waals surface area contributed by atoms with Crippen LogP contribution in [0.2, 0.25) is 0 Å². The van der Waals surface area contributed by atoms with Gasteiger partial charge in [0, 0.05) is 9.35 Å². The van der Waals surface area contributed by atoms with E-state index in [1.807, 2.05) is 0 Å². The molecule has 2 rings (SSSR count). The SMILES string of the molecule is Cc1cc(C(Br)c2ccc(F)cc2Br)sc1Br. The number of alkyl halides is 1. The molecule has 0 radical (unpaired) electrons. The minimum atomic E-state index is -0.233.